The highest BCUT2D eigenvalue weighted by molar-refractivity contribution is 7.86. The van der Waals surface area contributed by atoms with Crippen LogP contribution in [0, 0.1) is 6.92 Å². The maximum atomic E-state index is 12.1. The zero-order chi connectivity index (χ0) is 18.6. The Hall–Kier alpha value is -2.97. The van der Waals surface area contributed by atoms with Gasteiger partial charge in [0.05, 0.1) is 11.1 Å². The van der Waals surface area contributed by atoms with Crippen molar-refractivity contribution in [3.63, 3.8) is 0 Å². The first-order valence-corrected chi connectivity index (χ1v) is 9.21. The molecule has 0 fully saturated rings. The fourth-order valence-corrected chi connectivity index (χ4v) is 3.56. The lowest BCUT2D eigenvalue weighted by molar-refractivity contribution is -0.122. The van der Waals surface area contributed by atoms with Crippen LogP contribution in [0.15, 0.2) is 64.7 Å². The van der Waals surface area contributed by atoms with Crippen LogP contribution in [0.3, 0.4) is 0 Å². The lowest BCUT2D eigenvalue weighted by atomic mass is 10.1. The van der Waals surface area contributed by atoms with Gasteiger partial charge in [-0.25, -0.2) is 5.43 Å². The average Bonchev–Trinajstić information content (AvgIpc) is 3.10. The molecule has 1 amide bonds. The topological polar surface area (TPSA) is 101 Å². The van der Waals surface area contributed by atoms with Crippen molar-refractivity contribution in [3.8, 4) is 0 Å². The standard InChI is InChI=1S/C18H17N3O4S/c1-13-5-2-3-8-17(13)26(23,24)25-12-18(22)21-20-11-14-6-4-7-16-15(14)9-10-19-16/h2-11,19H,12H2,1H3,(H,21,22)/b20-11+. The number of nitrogens with one attached hydrogen (secondary N) is 2. The second-order valence-corrected chi connectivity index (χ2v) is 7.14. The molecule has 2 aromatic carbocycles. The molecule has 26 heavy (non-hydrogen) atoms. The predicted molar refractivity (Wildman–Crippen MR) is 98.4 cm³/mol. The smallest absolute Gasteiger partial charge is 0.297 e. The van der Waals surface area contributed by atoms with Crippen molar-refractivity contribution in [2.45, 2.75) is 11.8 Å². The van der Waals surface area contributed by atoms with E-state index < -0.39 is 22.6 Å². The van der Waals surface area contributed by atoms with Gasteiger partial charge in [-0.2, -0.15) is 13.5 Å². The van der Waals surface area contributed by atoms with Crippen molar-refractivity contribution >= 4 is 33.1 Å². The second kappa shape index (κ2) is 7.51. The van der Waals surface area contributed by atoms with E-state index in [1.54, 1.807) is 25.1 Å². The third-order valence-corrected chi connectivity index (χ3v) is 5.15. The summed E-state index contributed by atoms with van der Waals surface area (Å²) in [5.74, 6) is -0.667. The van der Waals surface area contributed by atoms with E-state index in [1.165, 1.54) is 12.3 Å². The second-order valence-electron chi connectivity index (χ2n) is 5.56. The summed E-state index contributed by atoms with van der Waals surface area (Å²) in [6.45, 7) is 1.00. The van der Waals surface area contributed by atoms with Gasteiger partial charge in [-0.3, -0.25) is 8.98 Å². The van der Waals surface area contributed by atoms with Crippen molar-refractivity contribution in [2.24, 2.45) is 5.10 Å². The first-order chi connectivity index (χ1) is 12.5. The van der Waals surface area contributed by atoms with E-state index in [4.69, 9.17) is 4.18 Å². The highest BCUT2D eigenvalue weighted by Crippen LogP contribution is 2.17. The van der Waals surface area contributed by atoms with Crippen molar-refractivity contribution in [2.75, 3.05) is 6.61 Å². The lowest BCUT2D eigenvalue weighted by Crippen LogP contribution is -2.25. The van der Waals surface area contributed by atoms with E-state index in [2.05, 4.69) is 15.5 Å². The summed E-state index contributed by atoms with van der Waals surface area (Å²) >= 11 is 0. The summed E-state index contributed by atoms with van der Waals surface area (Å²) in [6.07, 6.45) is 3.30. The highest BCUT2D eigenvalue weighted by atomic mass is 32.2. The molecular weight excluding hydrogens is 354 g/mol. The number of H-pyrrole nitrogens is 1. The number of amides is 1. The van der Waals surface area contributed by atoms with Crippen LogP contribution < -0.4 is 5.43 Å². The van der Waals surface area contributed by atoms with Gasteiger partial charge in [0.25, 0.3) is 16.0 Å². The van der Waals surface area contributed by atoms with Crippen LogP contribution >= 0.6 is 0 Å². The van der Waals surface area contributed by atoms with Crippen LogP contribution in [0.1, 0.15) is 11.1 Å². The van der Waals surface area contributed by atoms with E-state index in [0.29, 0.717) is 5.56 Å². The van der Waals surface area contributed by atoms with E-state index >= 15 is 0 Å². The summed E-state index contributed by atoms with van der Waals surface area (Å²) in [7, 11) is -4.00. The molecule has 0 spiro atoms. The number of nitrogens with zero attached hydrogens (tertiary/aromatic N) is 1. The quantitative estimate of drug-likeness (QED) is 0.394. The number of hydrazone groups is 1. The van der Waals surface area contributed by atoms with Gasteiger partial charge in [0.2, 0.25) is 0 Å². The molecule has 0 aliphatic heterocycles. The molecule has 0 bridgehead atoms. The molecular formula is C18H17N3O4S. The maximum absolute atomic E-state index is 12.1. The molecule has 1 heterocycles. The molecule has 7 nitrogen and oxygen atoms in total. The molecule has 0 aliphatic carbocycles. The number of carbonyl (C=O) groups is 1. The minimum atomic E-state index is -4.00. The minimum absolute atomic E-state index is 0.0374. The molecule has 0 saturated heterocycles. The number of hydrogen-bond donors (Lipinski definition) is 2. The fourth-order valence-electron chi connectivity index (χ4n) is 2.46. The first-order valence-electron chi connectivity index (χ1n) is 7.80. The van der Waals surface area contributed by atoms with Crippen LogP contribution in [0.5, 0.6) is 0 Å². The Bertz CT molecular complexity index is 1070. The summed E-state index contributed by atoms with van der Waals surface area (Å²) in [5, 5.41) is 4.81. The number of aromatic amines is 1. The van der Waals surface area contributed by atoms with Gasteiger partial charge in [-0.1, -0.05) is 30.3 Å². The van der Waals surface area contributed by atoms with Gasteiger partial charge in [0.15, 0.2) is 0 Å². The third kappa shape index (κ3) is 3.98. The van der Waals surface area contributed by atoms with E-state index in [0.717, 1.165) is 16.5 Å². The number of benzene rings is 2. The molecule has 134 valence electrons. The zero-order valence-electron chi connectivity index (χ0n) is 14.0. The third-order valence-electron chi connectivity index (χ3n) is 3.73. The number of aryl methyl sites for hydroxylation is 1. The van der Waals surface area contributed by atoms with Gasteiger partial charge >= 0.3 is 0 Å². The van der Waals surface area contributed by atoms with Crippen molar-refractivity contribution in [1.82, 2.24) is 10.4 Å². The monoisotopic (exact) mass is 371 g/mol. The van der Waals surface area contributed by atoms with Gasteiger partial charge in [0, 0.05) is 22.7 Å². The van der Waals surface area contributed by atoms with E-state index in [-0.39, 0.29) is 4.90 Å². The first kappa shape index (κ1) is 17.8. The largest absolute Gasteiger partial charge is 0.361 e. The van der Waals surface area contributed by atoms with Gasteiger partial charge in [-0.15, -0.1) is 0 Å². The summed E-state index contributed by atoms with van der Waals surface area (Å²) in [5.41, 5.74) is 4.57. The number of aromatic nitrogens is 1. The van der Waals surface area contributed by atoms with E-state index in [9.17, 15) is 13.2 Å². The normalized spacial score (nSPS) is 11.9. The van der Waals surface area contributed by atoms with Crippen LogP contribution in [0.25, 0.3) is 10.9 Å². The predicted octanol–water partition coefficient (Wildman–Crippen LogP) is 2.33. The fraction of sp³-hybridized carbons (Fsp3) is 0.111. The Labute approximate surface area is 150 Å². The Kier molecular flexibility index (Phi) is 5.15. The summed E-state index contributed by atoms with van der Waals surface area (Å²) in [6, 6.07) is 13.9. The molecule has 8 heteroatoms. The molecule has 2 N–H and O–H groups in total. The molecule has 0 aliphatic rings. The van der Waals surface area contributed by atoms with Crippen LogP contribution in [-0.4, -0.2) is 32.1 Å². The molecule has 0 unspecified atom stereocenters. The van der Waals surface area contributed by atoms with Crippen LogP contribution in [-0.2, 0) is 19.1 Å². The summed E-state index contributed by atoms with van der Waals surface area (Å²) < 4.78 is 29.1. The molecule has 0 saturated carbocycles. The maximum Gasteiger partial charge on any atom is 0.297 e. The van der Waals surface area contributed by atoms with Gasteiger partial charge in [-0.05, 0) is 30.7 Å². The SMILES string of the molecule is Cc1ccccc1S(=O)(=O)OCC(=O)N/N=C/c1cccc2[nH]ccc12. The van der Waals surface area contributed by atoms with Crippen molar-refractivity contribution in [1.29, 1.82) is 0 Å². The average molecular weight is 371 g/mol. The Balaban J connectivity index is 1.59. The minimum Gasteiger partial charge on any atom is -0.361 e. The molecule has 1 aromatic heterocycles. The molecule has 3 rings (SSSR count). The summed E-state index contributed by atoms with van der Waals surface area (Å²) in [4.78, 5) is 14.9. The number of carbonyl (C=O) groups excluding carboxylic acids is 1. The van der Waals surface area contributed by atoms with Crippen molar-refractivity contribution < 1.29 is 17.4 Å². The molecule has 3 aromatic rings. The molecule has 0 atom stereocenters. The van der Waals surface area contributed by atoms with E-state index in [1.807, 2.05) is 30.5 Å². The Morgan fingerprint density at radius 2 is 2.00 bits per heavy atom. The van der Waals surface area contributed by atoms with Crippen LogP contribution in [0.4, 0.5) is 0 Å². The Morgan fingerprint density at radius 3 is 2.81 bits per heavy atom. The number of rotatable bonds is 6. The number of hydrogen-bond acceptors (Lipinski definition) is 5. The van der Waals surface area contributed by atoms with Gasteiger partial charge in [0.1, 0.15) is 6.61 Å². The number of fused-ring (bicyclic) bond motifs is 1. The van der Waals surface area contributed by atoms with Crippen molar-refractivity contribution in [3.05, 3.63) is 65.9 Å². The Morgan fingerprint density at radius 1 is 1.19 bits per heavy atom. The molecule has 0 radical (unpaired) electrons. The zero-order valence-corrected chi connectivity index (χ0v) is 14.8. The highest BCUT2D eigenvalue weighted by Gasteiger charge is 2.18. The lowest BCUT2D eigenvalue weighted by Gasteiger charge is -2.07. The van der Waals surface area contributed by atoms with Gasteiger partial charge < -0.3 is 4.98 Å². The van der Waals surface area contributed by atoms with Crippen LogP contribution in [0.2, 0.25) is 0 Å².